The molecule has 1 aromatic heterocycles. The van der Waals surface area contributed by atoms with E-state index < -0.39 is 5.60 Å². The number of rotatable bonds is 1. The minimum Gasteiger partial charge on any atom is -0.444 e. The van der Waals surface area contributed by atoms with Crippen molar-refractivity contribution in [3.05, 3.63) is 30.0 Å². The van der Waals surface area contributed by atoms with E-state index in [4.69, 9.17) is 4.74 Å². The summed E-state index contributed by atoms with van der Waals surface area (Å²) in [6.07, 6.45) is 1.64. The zero-order valence-electron chi connectivity index (χ0n) is 13.0. The molecule has 0 saturated carbocycles. The molecule has 1 aliphatic heterocycles. The molecule has 1 fully saturated rings. The van der Waals surface area contributed by atoms with Gasteiger partial charge in [0.2, 0.25) is 0 Å². The lowest BCUT2D eigenvalue weighted by Gasteiger charge is -2.39. The zero-order chi connectivity index (χ0) is 15.2. The van der Waals surface area contributed by atoms with Gasteiger partial charge in [0.1, 0.15) is 5.60 Å². The first-order valence-electron chi connectivity index (χ1n) is 7.25. The van der Waals surface area contributed by atoms with Gasteiger partial charge in [0, 0.05) is 18.5 Å². The van der Waals surface area contributed by atoms with Crippen molar-refractivity contribution in [1.82, 2.24) is 14.7 Å². The maximum Gasteiger partial charge on any atom is 0.410 e. The van der Waals surface area contributed by atoms with Crippen molar-refractivity contribution < 1.29 is 9.53 Å². The average Bonchev–Trinajstić information content (AvgIpc) is 2.68. The number of nitrogens with zero attached hydrogens (tertiary/aromatic N) is 3. The number of fused-ring (bicyclic) bond motifs is 1. The van der Waals surface area contributed by atoms with Crippen LogP contribution in [0.2, 0.25) is 0 Å². The van der Waals surface area contributed by atoms with Gasteiger partial charge in [-0.25, -0.2) is 4.79 Å². The van der Waals surface area contributed by atoms with Crippen LogP contribution in [-0.2, 0) is 4.74 Å². The van der Waals surface area contributed by atoms with E-state index in [2.05, 4.69) is 30.2 Å². The van der Waals surface area contributed by atoms with Crippen molar-refractivity contribution in [2.75, 3.05) is 13.1 Å². The van der Waals surface area contributed by atoms with E-state index in [0.717, 1.165) is 10.9 Å². The van der Waals surface area contributed by atoms with E-state index in [-0.39, 0.29) is 12.1 Å². The highest BCUT2D eigenvalue weighted by molar-refractivity contribution is 5.79. The first kappa shape index (κ1) is 13.9. The van der Waals surface area contributed by atoms with E-state index >= 15 is 0 Å². The summed E-state index contributed by atoms with van der Waals surface area (Å²) >= 11 is 0. The molecule has 1 aromatic carbocycles. The van der Waals surface area contributed by atoms with E-state index in [9.17, 15) is 4.79 Å². The van der Waals surface area contributed by atoms with Crippen LogP contribution in [-0.4, -0.2) is 39.5 Å². The van der Waals surface area contributed by atoms with Gasteiger partial charge in [-0.15, -0.1) is 0 Å². The number of hydrogen-bond donors (Lipinski definition) is 0. The predicted octanol–water partition coefficient (Wildman–Crippen LogP) is 3.14. The maximum absolute atomic E-state index is 11.9. The first-order valence-corrected chi connectivity index (χ1v) is 7.25. The van der Waals surface area contributed by atoms with Crippen LogP contribution >= 0.6 is 0 Å². The third-order valence-corrected chi connectivity index (χ3v) is 3.61. The third kappa shape index (κ3) is 2.73. The fraction of sp³-hybridized carbons (Fsp3) is 0.500. The van der Waals surface area contributed by atoms with E-state index in [1.807, 2.05) is 31.6 Å². The van der Waals surface area contributed by atoms with Crippen molar-refractivity contribution >= 4 is 17.0 Å². The third-order valence-electron chi connectivity index (χ3n) is 3.61. The highest BCUT2D eigenvalue weighted by Crippen LogP contribution is 2.27. The summed E-state index contributed by atoms with van der Waals surface area (Å²) in [5.41, 5.74) is 1.90. The van der Waals surface area contributed by atoms with Crippen LogP contribution in [0.15, 0.2) is 24.4 Å². The number of aromatic nitrogens is 2. The molecular formula is C16H21N3O2. The van der Waals surface area contributed by atoms with Gasteiger partial charge in [0.05, 0.1) is 17.8 Å². The molecule has 0 N–H and O–H groups in total. The van der Waals surface area contributed by atoms with Crippen molar-refractivity contribution in [3.8, 4) is 0 Å². The van der Waals surface area contributed by atoms with Crippen molar-refractivity contribution in [2.45, 2.75) is 39.3 Å². The van der Waals surface area contributed by atoms with E-state index in [1.54, 1.807) is 4.90 Å². The molecule has 112 valence electrons. The van der Waals surface area contributed by atoms with Crippen LogP contribution in [0.4, 0.5) is 4.79 Å². The van der Waals surface area contributed by atoms with Crippen molar-refractivity contribution in [2.24, 2.45) is 0 Å². The molecular weight excluding hydrogens is 266 g/mol. The smallest absolute Gasteiger partial charge is 0.410 e. The Hall–Kier alpha value is -2.04. The topological polar surface area (TPSA) is 47.4 Å². The molecule has 5 nitrogen and oxygen atoms in total. The maximum atomic E-state index is 11.9. The average molecular weight is 287 g/mol. The molecule has 0 spiro atoms. The Morgan fingerprint density at radius 3 is 2.71 bits per heavy atom. The van der Waals surface area contributed by atoms with Gasteiger partial charge in [0.15, 0.2) is 0 Å². The largest absolute Gasteiger partial charge is 0.444 e. The quantitative estimate of drug-likeness (QED) is 0.809. The van der Waals surface area contributed by atoms with Crippen molar-refractivity contribution in [1.29, 1.82) is 0 Å². The van der Waals surface area contributed by atoms with Crippen LogP contribution in [0.25, 0.3) is 10.9 Å². The summed E-state index contributed by atoms with van der Waals surface area (Å²) < 4.78 is 7.39. The summed E-state index contributed by atoms with van der Waals surface area (Å²) in [6, 6.07) is 6.54. The predicted molar refractivity (Wildman–Crippen MR) is 81.3 cm³/mol. The summed E-state index contributed by atoms with van der Waals surface area (Å²) in [5, 5.41) is 5.60. The second kappa shape index (κ2) is 4.76. The number of carbonyl (C=O) groups is 1. The lowest BCUT2D eigenvalue weighted by Crippen LogP contribution is -2.52. The molecule has 0 unspecified atom stereocenters. The molecule has 21 heavy (non-hydrogen) atoms. The number of ether oxygens (including phenoxy) is 1. The fourth-order valence-electron chi connectivity index (χ4n) is 2.52. The van der Waals surface area contributed by atoms with Gasteiger partial charge in [-0.05, 0) is 39.3 Å². The number of likely N-dealkylation sites (tertiary alicyclic amines) is 1. The van der Waals surface area contributed by atoms with Gasteiger partial charge < -0.3 is 9.64 Å². The molecule has 0 aliphatic carbocycles. The SMILES string of the molecule is Cc1ccc2cnn(C3CN(C(=O)OC(C)(C)C)C3)c2c1. The number of aryl methyl sites for hydroxylation is 1. The molecule has 1 saturated heterocycles. The molecule has 1 amide bonds. The second-order valence-electron chi connectivity index (χ2n) is 6.69. The summed E-state index contributed by atoms with van der Waals surface area (Å²) in [4.78, 5) is 13.7. The highest BCUT2D eigenvalue weighted by atomic mass is 16.6. The van der Waals surface area contributed by atoms with E-state index in [1.165, 1.54) is 5.56 Å². The van der Waals surface area contributed by atoms with E-state index in [0.29, 0.717) is 13.1 Å². The minimum atomic E-state index is -0.447. The molecule has 0 atom stereocenters. The van der Waals surface area contributed by atoms with Crippen LogP contribution < -0.4 is 0 Å². The Bertz CT molecular complexity index is 678. The normalized spacial score (nSPS) is 16.1. The Morgan fingerprint density at radius 2 is 2.05 bits per heavy atom. The van der Waals surface area contributed by atoms with Gasteiger partial charge in [-0.2, -0.15) is 5.10 Å². The van der Waals surface area contributed by atoms with Crippen LogP contribution in [0.3, 0.4) is 0 Å². The Morgan fingerprint density at radius 1 is 1.33 bits per heavy atom. The lowest BCUT2D eigenvalue weighted by atomic mass is 10.1. The summed E-state index contributed by atoms with van der Waals surface area (Å²) in [7, 11) is 0. The summed E-state index contributed by atoms with van der Waals surface area (Å²) in [5.74, 6) is 0. The van der Waals surface area contributed by atoms with Crippen LogP contribution in [0.5, 0.6) is 0 Å². The molecule has 3 rings (SSSR count). The van der Waals surface area contributed by atoms with Crippen LogP contribution in [0.1, 0.15) is 32.4 Å². The zero-order valence-corrected chi connectivity index (χ0v) is 13.0. The van der Waals surface area contributed by atoms with Crippen molar-refractivity contribution in [3.63, 3.8) is 0 Å². The fourth-order valence-corrected chi connectivity index (χ4v) is 2.52. The number of benzene rings is 1. The highest BCUT2D eigenvalue weighted by Gasteiger charge is 2.35. The minimum absolute atomic E-state index is 0.233. The van der Waals surface area contributed by atoms with Gasteiger partial charge in [-0.1, -0.05) is 12.1 Å². The second-order valence-corrected chi connectivity index (χ2v) is 6.69. The van der Waals surface area contributed by atoms with Gasteiger partial charge in [-0.3, -0.25) is 4.68 Å². The van der Waals surface area contributed by atoms with Gasteiger partial charge in [0.25, 0.3) is 0 Å². The number of amides is 1. The molecule has 0 bridgehead atoms. The lowest BCUT2D eigenvalue weighted by molar-refractivity contribution is 0.000159. The Labute approximate surface area is 124 Å². The first-order chi connectivity index (χ1) is 9.83. The molecule has 2 heterocycles. The summed E-state index contributed by atoms with van der Waals surface area (Å²) in [6.45, 7) is 9.02. The monoisotopic (exact) mass is 287 g/mol. The standard InChI is InChI=1S/C16H21N3O2/c1-11-5-6-12-8-17-19(14(12)7-11)13-9-18(10-13)15(20)21-16(2,3)4/h5-8,13H,9-10H2,1-4H3. The van der Waals surface area contributed by atoms with Gasteiger partial charge >= 0.3 is 6.09 Å². The molecule has 1 aliphatic rings. The Balaban J connectivity index is 1.70. The molecule has 5 heteroatoms. The molecule has 0 radical (unpaired) electrons. The Kier molecular flexibility index (Phi) is 3.15. The molecule has 2 aromatic rings. The number of carbonyl (C=O) groups excluding carboxylic acids is 1. The number of hydrogen-bond acceptors (Lipinski definition) is 3. The van der Waals surface area contributed by atoms with Crippen LogP contribution in [0, 0.1) is 6.92 Å².